The quantitative estimate of drug-likeness (QED) is 0.642. The molecule has 0 bridgehead atoms. The number of nitrogens with two attached hydrogens (primary N) is 1. The highest BCUT2D eigenvalue weighted by Gasteiger charge is 2.42. The third-order valence-corrected chi connectivity index (χ3v) is 5.47. The smallest absolute Gasteiger partial charge is 0.296 e. The Labute approximate surface area is 153 Å². The van der Waals surface area contributed by atoms with Gasteiger partial charge in [0.15, 0.2) is 0 Å². The first-order valence-corrected chi connectivity index (χ1v) is 8.96. The first kappa shape index (κ1) is 17.0. The number of ether oxygens (including phenoxy) is 1. The van der Waals surface area contributed by atoms with Crippen molar-refractivity contribution in [2.45, 2.75) is 18.9 Å². The van der Waals surface area contributed by atoms with Crippen LogP contribution < -0.4 is 5.73 Å². The van der Waals surface area contributed by atoms with Crippen molar-refractivity contribution in [1.29, 1.82) is 0 Å². The van der Waals surface area contributed by atoms with Crippen molar-refractivity contribution >= 4 is 37.3 Å². The van der Waals surface area contributed by atoms with E-state index in [1.807, 2.05) is 24.3 Å². The largest absolute Gasteiger partial charge is 0.386 e. The minimum absolute atomic E-state index is 0.0746. The minimum Gasteiger partial charge on any atom is -0.386 e. The van der Waals surface area contributed by atoms with Crippen LogP contribution in [0.25, 0.3) is 20.2 Å². The van der Waals surface area contributed by atoms with E-state index >= 15 is 0 Å². The van der Waals surface area contributed by atoms with Crippen molar-refractivity contribution in [3.05, 3.63) is 47.5 Å². The Hall–Kier alpha value is -2.49. The van der Waals surface area contributed by atoms with Crippen LogP contribution >= 0.6 is 11.3 Å². The normalized spacial score (nSPS) is 19.7. The van der Waals surface area contributed by atoms with E-state index in [0.717, 1.165) is 25.7 Å². The molecule has 0 aliphatic carbocycles. The van der Waals surface area contributed by atoms with Crippen LogP contribution in [0, 0.1) is 11.8 Å². The average molecular weight is 370 g/mol. The summed E-state index contributed by atoms with van der Waals surface area (Å²) in [6.07, 6.45) is 0. The molecular weight excluding hydrogens is 354 g/mol. The lowest BCUT2D eigenvalue weighted by Gasteiger charge is -2.22. The highest BCUT2D eigenvalue weighted by atomic mass is 32.1. The second kappa shape index (κ2) is 6.35. The highest BCUT2D eigenvalue weighted by Crippen LogP contribution is 2.40. The Morgan fingerprint density at radius 3 is 2.69 bits per heavy atom. The topological polar surface area (TPSA) is 47.6 Å². The number of amidine groups is 1. The number of aliphatic imine (C=N–C) groups is 1. The summed E-state index contributed by atoms with van der Waals surface area (Å²) in [6, 6.07) is 10.0. The molecule has 26 heavy (non-hydrogen) atoms. The van der Waals surface area contributed by atoms with Gasteiger partial charge in [-0.15, -0.1) is 17.3 Å². The summed E-state index contributed by atoms with van der Waals surface area (Å²) in [5.41, 5.74) is 7.03. The van der Waals surface area contributed by atoms with E-state index in [9.17, 15) is 8.78 Å². The molecule has 2 aromatic carbocycles. The molecule has 1 aliphatic rings. The fraction of sp³-hybridized carbons (Fsp3) is 0.250. The Morgan fingerprint density at radius 1 is 1.19 bits per heavy atom. The van der Waals surface area contributed by atoms with E-state index in [4.69, 9.17) is 10.5 Å². The number of nitrogens with zero attached hydrogens (tertiary/aromatic N) is 1. The van der Waals surface area contributed by atoms with Crippen LogP contribution in [0.4, 0.5) is 8.78 Å². The van der Waals surface area contributed by atoms with E-state index in [-0.39, 0.29) is 12.4 Å². The number of rotatable bonds is 1. The first-order chi connectivity index (χ1) is 12.5. The molecule has 1 unspecified atom stereocenters. The molecule has 1 aromatic heterocycles. The van der Waals surface area contributed by atoms with Gasteiger partial charge in [0.2, 0.25) is 0 Å². The van der Waals surface area contributed by atoms with Crippen LogP contribution in [0.15, 0.2) is 41.4 Å². The maximum absolute atomic E-state index is 14.5. The van der Waals surface area contributed by atoms with Crippen LogP contribution in [-0.4, -0.2) is 25.0 Å². The van der Waals surface area contributed by atoms with E-state index in [1.165, 1.54) is 0 Å². The molecule has 132 valence electrons. The molecule has 6 heteroatoms. The number of hydrogen-bond acceptors (Lipinski definition) is 4. The van der Waals surface area contributed by atoms with Crippen molar-refractivity contribution in [3.8, 4) is 11.8 Å². The van der Waals surface area contributed by atoms with Gasteiger partial charge in [-0.25, -0.2) is 8.78 Å². The van der Waals surface area contributed by atoms with Gasteiger partial charge in [-0.1, -0.05) is 12.0 Å². The molecule has 0 saturated carbocycles. The van der Waals surface area contributed by atoms with E-state index in [0.29, 0.717) is 5.56 Å². The van der Waals surface area contributed by atoms with Gasteiger partial charge in [0.05, 0.1) is 0 Å². The van der Waals surface area contributed by atoms with Crippen LogP contribution in [0.5, 0.6) is 0 Å². The lowest BCUT2D eigenvalue weighted by molar-refractivity contribution is -0.0825. The van der Waals surface area contributed by atoms with Gasteiger partial charge in [-0.2, -0.15) is 0 Å². The number of thiophene rings is 1. The van der Waals surface area contributed by atoms with E-state index < -0.39 is 18.6 Å². The minimum atomic E-state index is -3.11. The summed E-state index contributed by atoms with van der Waals surface area (Å²) in [5.74, 6) is 2.90. The van der Waals surface area contributed by atoms with Crippen molar-refractivity contribution in [2.24, 2.45) is 10.7 Å². The maximum Gasteiger partial charge on any atom is 0.296 e. The molecular formula is C20H16F2N2OS. The van der Waals surface area contributed by atoms with E-state index in [1.54, 1.807) is 30.4 Å². The standard InChI is InChI=1S/C20H16F2N2OS/c1-2-3-12-4-6-16-14(8-12)15-9-13(5-7-17(15)26-16)19-20(21,22)11-25-10-18(23)24-19/h4-9,19H,10-11H2,1H3,(H2,23,24). The van der Waals surface area contributed by atoms with Crippen molar-refractivity contribution in [3.63, 3.8) is 0 Å². The Morgan fingerprint density at radius 2 is 1.92 bits per heavy atom. The second-order valence-electron chi connectivity index (χ2n) is 6.22. The van der Waals surface area contributed by atoms with Gasteiger partial charge in [0.1, 0.15) is 25.1 Å². The number of alkyl halides is 2. The molecule has 0 amide bonds. The summed E-state index contributed by atoms with van der Waals surface area (Å²) in [6.45, 7) is 1.02. The molecule has 0 saturated heterocycles. The lowest BCUT2D eigenvalue weighted by atomic mass is 9.99. The summed E-state index contributed by atoms with van der Waals surface area (Å²) in [4.78, 5) is 4.02. The van der Waals surface area contributed by atoms with Gasteiger partial charge in [-0.3, -0.25) is 4.99 Å². The SMILES string of the molecule is CC#Cc1ccc2sc3ccc(C4N=C(N)COCC4(F)F)cc3c2c1. The molecule has 3 nitrogen and oxygen atoms in total. The third-order valence-electron chi connectivity index (χ3n) is 4.32. The fourth-order valence-corrected chi connectivity index (χ4v) is 4.24. The molecule has 0 spiro atoms. The van der Waals surface area contributed by atoms with Crippen molar-refractivity contribution < 1.29 is 13.5 Å². The summed E-state index contributed by atoms with van der Waals surface area (Å²) in [7, 11) is 0. The zero-order valence-electron chi connectivity index (χ0n) is 14.1. The van der Waals surface area contributed by atoms with E-state index in [2.05, 4.69) is 16.8 Å². The monoisotopic (exact) mass is 370 g/mol. The predicted octanol–water partition coefficient (Wildman–Crippen LogP) is 4.49. The van der Waals surface area contributed by atoms with Crippen LogP contribution in [-0.2, 0) is 4.74 Å². The summed E-state index contributed by atoms with van der Waals surface area (Å²) in [5, 5.41) is 1.94. The third kappa shape index (κ3) is 2.94. The second-order valence-corrected chi connectivity index (χ2v) is 7.30. The van der Waals surface area contributed by atoms with Gasteiger partial charge < -0.3 is 10.5 Å². The molecule has 3 aromatic rings. The molecule has 0 radical (unpaired) electrons. The average Bonchev–Trinajstić information content (AvgIpc) is 2.90. The molecule has 4 rings (SSSR count). The molecule has 2 N–H and O–H groups in total. The Balaban J connectivity index is 1.90. The van der Waals surface area contributed by atoms with Crippen molar-refractivity contribution in [1.82, 2.24) is 0 Å². The molecule has 1 atom stereocenters. The van der Waals surface area contributed by atoms with Gasteiger partial charge in [0.25, 0.3) is 5.92 Å². The molecule has 0 fully saturated rings. The Bertz CT molecular complexity index is 1090. The predicted molar refractivity (Wildman–Crippen MR) is 102 cm³/mol. The van der Waals surface area contributed by atoms with Crippen LogP contribution in [0.3, 0.4) is 0 Å². The summed E-state index contributed by atoms with van der Waals surface area (Å²) >= 11 is 1.63. The zero-order valence-corrected chi connectivity index (χ0v) is 14.9. The molecule has 1 aliphatic heterocycles. The number of fused-ring (bicyclic) bond motifs is 3. The fourth-order valence-electron chi connectivity index (χ4n) is 3.17. The lowest BCUT2D eigenvalue weighted by Crippen LogP contribution is -2.29. The molecule has 2 heterocycles. The number of benzene rings is 2. The van der Waals surface area contributed by atoms with Gasteiger partial charge in [0, 0.05) is 25.7 Å². The maximum atomic E-state index is 14.5. The number of hydrogen-bond donors (Lipinski definition) is 1. The highest BCUT2D eigenvalue weighted by molar-refractivity contribution is 7.25. The Kier molecular flexibility index (Phi) is 4.14. The zero-order chi connectivity index (χ0) is 18.3. The van der Waals surface area contributed by atoms with Gasteiger partial charge in [-0.05, 0) is 42.8 Å². The first-order valence-electron chi connectivity index (χ1n) is 8.14. The summed E-state index contributed by atoms with van der Waals surface area (Å²) < 4.78 is 36.1. The number of halogens is 2. The van der Waals surface area contributed by atoms with Gasteiger partial charge >= 0.3 is 0 Å². The van der Waals surface area contributed by atoms with Crippen LogP contribution in [0.2, 0.25) is 0 Å². The van der Waals surface area contributed by atoms with Crippen molar-refractivity contribution in [2.75, 3.05) is 13.2 Å². The van der Waals surface area contributed by atoms with Crippen LogP contribution in [0.1, 0.15) is 24.1 Å².